The van der Waals surface area contributed by atoms with Crippen molar-refractivity contribution in [2.24, 2.45) is 0 Å². The lowest BCUT2D eigenvalue weighted by molar-refractivity contribution is -0.274. The fraction of sp³-hybridized carbons (Fsp3) is 0.200. The average molecular weight is 381 g/mol. The minimum absolute atomic E-state index is 0.0484. The lowest BCUT2D eigenvalue weighted by atomic mass is 10.2. The Morgan fingerprint density at radius 1 is 1.00 bits per heavy atom. The highest BCUT2D eigenvalue weighted by molar-refractivity contribution is 7.91. The molecule has 2 aromatic carbocycles. The molecule has 2 aromatic rings. The first-order chi connectivity index (χ1) is 11.6. The summed E-state index contributed by atoms with van der Waals surface area (Å²) >= 11 is 0. The van der Waals surface area contributed by atoms with E-state index in [2.05, 4.69) is 10.1 Å². The molecule has 0 aliphatic carbocycles. The van der Waals surface area contributed by atoms with Gasteiger partial charge in [0, 0.05) is 17.8 Å². The zero-order chi connectivity index (χ0) is 18.7. The Hall–Kier alpha value is -2.36. The number of benzene rings is 2. The van der Waals surface area contributed by atoms with Crippen LogP contribution in [0.2, 0.25) is 0 Å². The smallest absolute Gasteiger partial charge is 0.405 e. The molecule has 0 saturated carbocycles. The first-order valence-corrected chi connectivity index (χ1v) is 8.34. The van der Waals surface area contributed by atoms with E-state index in [0.29, 0.717) is 5.69 Å². The summed E-state index contributed by atoms with van der Waals surface area (Å²) in [5, 5.41) is 2.77. The number of ether oxygens (including phenoxy) is 1. The summed E-state index contributed by atoms with van der Waals surface area (Å²) in [4.78, 5) is -0.547. The maximum Gasteiger partial charge on any atom is 0.573 e. The molecule has 10 heteroatoms. The van der Waals surface area contributed by atoms with Crippen LogP contribution >= 0.6 is 0 Å². The van der Waals surface area contributed by atoms with Gasteiger partial charge in [-0.3, -0.25) is 0 Å². The van der Waals surface area contributed by atoms with Crippen LogP contribution in [0, 0.1) is 0 Å². The van der Waals surface area contributed by atoms with E-state index in [4.69, 9.17) is 0 Å². The van der Waals surface area contributed by atoms with E-state index in [0.717, 1.165) is 18.2 Å². The van der Waals surface area contributed by atoms with Crippen molar-refractivity contribution < 1.29 is 35.1 Å². The average Bonchev–Trinajstić information content (AvgIpc) is 2.53. The van der Waals surface area contributed by atoms with E-state index < -0.39 is 26.9 Å². The van der Waals surface area contributed by atoms with Gasteiger partial charge in [-0.05, 0) is 30.3 Å². The molecule has 136 valence electrons. The van der Waals surface area contributed by atoms with E-state index >= 15 is 0 Å². The lowest BCUT2D eigenvalue weighted by Crippen LogP contribution is -2.18. The van der Waals surface area contributed by atoms with Crippen LogP contribution in [-0.4, -0.2) is 20.5 Å². The Morgan fingerprint density at radius 2 is 1.60 bits per heavy atom. The van der Waals surface area contributed by atoms with Crippen molar-refractivity contribution in [2.75, 3.05) is 5.32 Å². The number of hydrogen-bond acceptors (Lipinski definition) is 4. The number of rotatable bonds is 6. The Kier molecular flexibility index (Phi) is 5.51. The molecule has 1 N–H and O–H groups in total. The van der Waals surface area contributed by atoms with Crippen molar-refractivity contribution in [3.63, 3.8) is 0 Å². The van der Waals surface area contributed by atoms with Crippen LogP contribution in [0.4, 0.5) is 27.6 Å². The minimum atomic E-state index is -4.83. The van der Waals surface area contributed by atoms with Gasteiger partial charge in [0.05, 0.1) is 4.90 Å². The van der Waals surface area contributed by atoms with Crippen molar-refractivity contribution in [1.82, 2.24) is 0 Å². The van der Waals surface area contributed by atoms with Crippen LogP contribution in [-0.2, 0) is 16.4 Å². The zero-order valence-corrected chi connectivity index (χ0v) is 13.2. The van der Waals surface area contributed by atoms with Crippen LogP contribution in [0.15, 0.2) is 53.4 Å². The highest BCUT2D eigenvalue weighted by Gasteiger charge is 2.32. The van der Waals surface area contributed by atoms with Gasteiger partial charge < -0.3 is 10.1 Å². The van der Waals surface area contributed by atoms with Gasteiger partial charge in [-0.15, -0.1) is 13.2 Å². The number of anilines is 1. The Labute approximate surface area is 140 Å². The molecular formula is C15H12F5NO3S. The second kappa shape index (κ2) is 7.26. The van der Waals surface area contributed by atoms with Gasteiger partial charge in [-0.1, -0.05) is 18.2 Å². The Bertz CT molecular complexity index is 820. The predicted octanol–water partition coefficient (Wildman–Crippen LogP) is 4.19. The van der Waals surface area contributed by atoms with Gasteiger partial charge in [0.25, 0.3) is 0 Å². The molecule has 0 saturated heterocycles. The second-order valence-corrected chi connectivity index (χ2v) is 6.76. The fourth-order valence-electron chi connectivity index (χ4n) is 1.94. The molecule has 0 aliphatic rings. The number of sulfone groups is 1. The molecule has 0 amide bonds. The molecule has 0 fully saturated rings. The van der Waals surface area contributed by atoms with Crippen molar-refractivity contribution in [3.05, 3.63) is 54.1 Å². The van der Waals surface area contributed by atoms with Crippen molar-refractivity contribution in [3.8, 4) is 5.75 Å². The van der Waals surface area contributed by atoms with Gasteiger partial charge in [0.1, 0.15) is 5.75 Å². The standard InChI is InChI=1S/C15H12F5NO3S/c16-14(17)25(22,23)12-7-5-11(6-8-12)21-9-10-3-1-2-4-13(10)24-15(18,19)20/h1-8,14,21H,9H2. The third kappa shape index (κ3) is 5.05. The molecule has 25 heavy (non-hydrogen) atoms. The van der Waals surface area contributed by atoms with E-state index in [1.54, 1.807) is 0 Å². The zero-order valence-electron chi connectivity index (χ0n) is 12.4. The molecule has 0 spiro atoms. The summed E-state index contributed by atoms with van der Waals surface area (Å²) in [6, 6.07) is 9.94. The van der Waals surface area contributed by atoms with Crippen molar-refractivity contribution in [2.45, 2.75) is 23.6 Å². The molecule has 0 aromatic heterocycles. The summed E-state index contributed by atoms with van der Waals surface area (Å²) in [7, 11) is -4.69. The quantitative estimate of drug-likeness (QED) is 0.763. The number of para-hydroxylation sites is 1. The minimum Gasteiger partial charge on any atom is -0.405 e. The summed E-state index contributed by atoms with van der Waals surface area (Å²) in [5.41, 5.74) is 0.555. The van der Waals surface area contributed by atoms with Gasteiger partial charge in [0.15, 0.2) is 0 Å². The highest BCUT2D eigenvalue weighted by Crippen LogP contribution is 2.27. The maximum atomic E-state index is 12.4. The Morgan fingerprint density at radius 3 is 2.16 bits per heavy atom. The summed E-state index contributed by atoms with van der Waals surface area (Å²) in [5.74, 6) is -3.91. The molecule has 0 unspecified atom stereocenters. The molecule has 0 heterocycles. The third-order valence-electron chi connectivity index (χ3n) is 3.10. The van der Waals surface area contributed by atoms with E-state index in [1.165, 1.54) is 30.3 Å². The van der Waals surface area contributed by atoms with Crippen LogP contribution in [0.25, 0.3) is 0 Å². The molecular weight excluding hydrogens is 369 g/mol. The molecule has 4 nitrogen and oxygen atoms in total. The molecule has 0 bridgehead atoms. The van der Waals surface area contributed by atoms with Gasteiger partial charge in [-0.25, -0.2) is 8.42 Å². The molecule has 0 aliphatic heterocycles. The van der Waals surface area contributed by atoms with E-state index in [9.17, 15) is 30.4 Å². The van der Waals surface area contributed by atoms with Crippen LogP contribution in [0.5, 0.6) is 5.75 Å². The number of alkyl halides is 5. The number of hydrogen-bond donors (Lipinski definition) is 1. The normalized spacial score (nSPS) is 12.2. The SMILES string of the molecule is O=S(=O)(c1ccc(NCc2ccccc2OC(F)(F)F)cc1)C(F)F. The monoisotopic (exact) mass is 381 g/mol. The van der Waals surface area contributed by atoms with Crippen molar-refractivity contribution in [1.29, 1.82) is 0 Å². The first kappa shape index (κ1) is 19.0. The highest BCUT2D eigenvalue weighted by atomic mass is 32.2. The lowest BCUT2D eigenvalue weighted by Gasteiger charge is -2.14. The number of nitrogens with one attached hydrogen (secondary N) is 1. The van der Waals surface area contributed by atoms with E-state index in [1.807, 2.05) is 0 Å². The largest absolute Gasteiger partial charge is 0.573 e. The van der Waals surface area contributed by atoms with Gasteiger partial charge in [0.2, 0.25) is 9.84 Å². The summed E-state index contributed by atoms with van der Waals surface area (Å²) < 4.78 is 88.4. The second-order valence-electron chi connectivity index (χ2n) is 4.84. The fourth-order valence-corrected chi connectivity index (χ4v) is 2.66. The van der Waals surface area contributed by atoms with Crippen LogP contribution in [0.3, 0.4) is 0 Å². The summed E-state index contributed by atoms with van der Waals surface area (Å²) in [6.07, 6.45) is -4.83. The van der Waals surface area contributed by atoms with Gasteiger partial charge in [-0.2, -0.15) is 8.78 Å². The van der Waals surface area contributed by atoms with Gasteiger partial charge >= 0.3 is 12.1 Å². The first-order valence-electron chi connectivity index (χ1n) is 6.79. The molecule has 0 atom stereocenters. The van der Waals surface area contributed by atoms with Crippen LogP contribution < -0.4 is 10.1 Å². The number of halogens is 5. The third-order valence-corrected chi connectivity index (χ3v) is 4.50. The van der Waals surface area contributed by atoms with Crippen LogP contribution in [0.1, 0.15) is 5.56 Å². The predicted molar refractivity (Wildman–Crippen MR) is 80.1 cm³/mol. The topological polar surface area (TPSA) is 55.4 Å². The molecule has 0 radical (unpaired) electrons. The maximum absolute atomic E-state index is 12.4. The molecule has 2 rings (SSSR count). The van der Waals surface area contributed by atoms with E-state index in [-0.39, 0.29) is 17.9 Å². The Balaban J connectivity index is 2.10. The van der Waals surface area contributed by atoms with Crippen molar-refractivity contribution >= 4 is 15.5 Å². The summed E-state index contributed by atoms with van der Waals surface area (Å²) in [6.45, 7) is -0.0484.